The molecule has 0 radical (unpaired) electrons. The molecule has 0 saturated heterocycles. The molecule has 0 aliphatic carbocycles. The Morgan fingerprint density at radius 3 is 2.50 bits per heavy atom. The van der Waals surface area contributed by atoms with E-state index in [2.05, 4.69) is 5.92 Å². The summed E-state index contributed by atoms with van der Waals surface area (Å²) in [6.07, 6.45) is 12.3. The van der Waals surface area contributed by atoms with Gasteiger partial charge in [-0.2, -0.15) is 0 Å². The number of hydrogen-bond donors (Lipinski definition) is 0. The van der Waals surface area contributed by atoms with Gasteiger partial charge in [0.25, 0.3) is 0 Å². The van der Waals surface area contributed by atoms with Gasteiger partial charge in [-0.15, -0.1) is 0 Å². The molecule has 0 fully saturated rings. The van der Waals surface area contributed by atoms with Gasteiger partial charge in [-0.05, 0) is 0 Å². The molecule has 0 unspecified atom stereocenters. The fourth-order valence-electron chi connectivity index (χ4n) is 0.221. The summed E-state index contributed by atoms with van der Waals surface area (Å²) in [5, 5.41) is 0. The van der Waals surface area contributed by atoms with E-state index in [4.69, 9.17) is 6.42 Å². The second-order valence-corrected chi connectivity index (χ2v) is 2.02. The standard InChI is InChI=1S/C7H6.W/c1-3-5-7-6-4-2;/h1-3,5-7H;. The fourth-order valence-corrected chi connectivity index (χ4v) is 0.547. The van der Waals surface area contributed by atoms with Crippen LogP contribution in [0.4, 0.5) is 0 Å². The molecule has 1 heteroatoms. The second-order valence-electron chi connectivity index (χ2n) is 1.05. The van der Waals surface area contributed by atoms with Crippen LogP contribution in [0.5, 0.6) is 0 Å². The van der Waals surface area contributed by atoms with E-state index in [1.54, 1.807) is 6.08 Å². The summed E-state index contributed by atoms with van der Waals surface area (Å²) in [6, 6.07) is 0. The first-order valence-electron chi connectivity index (χ1n) is 2.15. The van der Waals surface area contributed by atoms with Gasteiger partial charge in [0.15, 0.2) is 0 Å². The number of hydrogen-bond acceptors (Lipinski definition) is 0. The molecule has 0 bridgehead atoms. The normalized spacial score (nSPS) is 9.88. The molecule has 40 valence electrons. The average Bonchev–Trinajstić information content (AvgIpc) is 1.81. The molecule has 0 spiro atoms. The van der Waals surface area contributed by atoms with Crippen LogP contribution >= 0.6 is 0 Å². The van der Waals surface area contributed by atoms with Crippen molar-refractivity contribution in [1.82, 2.24) is 0 Å². The van der Waals surface area contributed by atoms with Gasteiger partial charge >= 0.3 is 60.4 Å². The molecule has 0 aromatic carbocycles. The van der Waals surface area contributed by atoms with Crippen molar-refractivity contribution in [2.24, 2.45) is 0 Å². The van der Waals surface area contributed by atoms with Gasteiger partial charge in [0, 0.05) is 0 Å². The summed E-state index contributed by atoms with van der Waals surface area (Å²) in [4.78, 5) is 0. The van der Waals surface area contributed by atoms with Gasteiger partial charge in [-0.1, -0.05) is 0 Å². The molecule has 0 heterocycles. The Kier molecular flexibility index (Phi) is 6.27. The van der Waals surface area contributed by atoms with Gasteiger partial charge in [-0.25, -0.2) is 0 Å². The van der Waals surface area contributed by atoms with Crippen molar-refractivity contribution in [1.29, 1.82) is 0 Å². The van der Waals surface area contributed by atoms with Crippen molar-refractivity contribution in [3.8, 4) is 12.3 Å². The van der Waals surface area contributed by atoms with Crippen molar-refractivity contribution in [2.75, 3.05) is 0 Å². The zero-order valence-electron chi connectivity index (χ0n) is 4.37. The molecule has 0 N–H and O–H groups in total. The summed E-state index contributed by atoms with van der Waals surface area (Å²) >= 11 is 1.45. The van der Waals surface area contributed by atoms with E-state index in [9.17, 15) is 0 Å². The maximum atomic E-state index is 4.94. The zero-order chi connectivity index (χ0) is 6.24. The van der Waals surface area contributed by atoms with Crippen LogP contribution in [-0.2, 0) is 19.4 Å². The Hall–Kier alpha value is -0.402. The van der Waals surface area contributed by atoms with Crippen LogP contribution in [0, 0.1) is 12.3 Å². The van der Waals surface area contributed by atoms with Crippen molar-refractivity contribution in [2.45, 2.75) is 0 Å². The minimum atomic E-state index is 1.45. The van der Waals surface area contributed by atoms with E-state index in [0.717, 1.165) is 0 Å². The number of allylic oxidation sites excluding steroid dienone is 4. The molecule has 0 saturated carbocycles. The van der Waals surface area contributed by atoms with Crippen LogP contribution < -0.4 is 0 Å². The Balaban J connectivity index is 3.46. The Morgan fingerprint density at radius 2 is 2.00 bits per heavy atom. The predicted octanol–water partition coefficient (Wildman–Crippen LogP) is 1.08. The van der Waals surface area contributed by atoms with Crippen molar-refractivity contribution < 1.29 is 19.4 Å². The van der Waals surface area contributed by atoms with Crippen LogP contribution in [0.2, 0.25) is 0 Å². The van der Waals surface area contributed by atoms with Crippen LogP contribution in [0.15, 0.2) is 24.3 Å². The first-order valence-corrected chi connectivity index (χ1v) is 3.84. The maximum absolute atomic E-state index is 4.94. The molecule has 0 rings (SSSR count). The average molecular weight is 274 g/mol. The molecule has 8 heavy (non-hydrogen) atoms. The van der Waals surface area contributed by atoms with E-state index in [1.807, 2.05) is 22.6 Å². The summed E-state index contributed by atoms with van der Waals surface area (Å²) < 4.78 is 2.03. The summed E-state index contributed by atoms with van der Waals surface area (Å²) in [7, 11) is 0. The molecule has 0 amide bonds. The third-order valence-electron chi connectivity index (χ3n) is 0.493. The van der Waals surface area contributed by atoms with E-state index < -0.39 is 0 Å². The third-order valence-corrected chi connectivity index (χ3v) is 1.06. The fraction of sp³-hybridized carbons (Fsp3) is 0. The van der Waals surface area contributed by atoms with Crippen LogP contribution in [-0.4, -0.2) is 4.40 Å². The number of rotatable bonds is 2. The van der Waals surface area contributed by atoms with E-state index in [-0.39, 0.29) is 0 Å². The molecule has 0 aliphatic heterocycles. The SMILES string of the molecule is C#CC=CC=C[CH]=[W]. The van der Waals surface area contributed by atoms with Crippen LogP contribution in [0.1, 0.15) is 0 Å². The van der Waals surface area contributed by atoms with Crippen molar-refractivity contribution in [3.05, 3.63) is 24.3 Å². The Labute approximate surface area is 60.7 Å². The van der Waals surface area contributed by atoms with Crippen LogP contribution in [0.3, 0.4) is 0 Å². The first-order chi connectivity index (χ1) is 3.91. The van der Waals surface area contributed by atoms with Crippen LogP contribution in [0.25, 0.3) is 0 Å². The number of terminal acetylenes is 1. The van der Waals surface area contributed by atoms with Gasteiger partial charge < -0.3 is 0 Å². The minimum absolute atomic E-state index is 1.45. The Bertz CT molecular complexity index is 146. The Morgan fingerprint density at radius 1 is 1.25 bits per heavy atom. The molecule has 0 aromatic heterocycles. The summed E-state index contributed by atoms with van der Waals surface area (Å²) in [5.41, 5.74) is 0. The molecular formula is C7H6W. The van der Waals surface area contributed by atoms with Gasteiger partial charge in [0.05, 0.1) is 0 Å². The topological polar surface area (TPSA) is 0 Å². The molecular weight excluding hydrogens is 268 g/mol. The summed E-state index contributed by atoms with van der Waals surface area (Å²) in [5.74, 6) is 2.39. The summed E-state index contributed by atoms with van der Waals surface area (Å²) in [6.45, 7) is 0. The van der Waals surface area contributed by atoms with E-state index >= 15 is 0 Å². The molecule has 0 atom stereocenters. The monoisotopic (exact) mass is 274 g/mol. The van der Waals surface area contributed by atoms with Gasteiger partial charge in [0.1, 0.15) is 0 Å². The van der Waals surface area contributed by atoms with Crippen molar-refractivity contribution in [3.63, 3.8) is 0 Å². The first kappa shape index (κ1) is 7.60. The third kappa shape index (κ3) is 5.60. The zero-order valence-corrected chi connectivity index (χ0v) is 7.31. The molecule has 0 aliphatic rings. The van der Waals surface area contributed by atoms with Gasteiger partial charge in [-0.3, -0.25) is 0 Å². The quantitative estimate of drug-likeness (QED) is 0.522. The van der Waals surface area contributed by atoms with Gasteiger partial charge in [0.2, 0.25) is 0 Å². The molecule has 0 aromatic rings. The van der Waals surface area contributed by atoms with Crippen molar-refractivity contribution >= 4 is 4.40 Å². The second kappa shape index (κ2) is 6.60. The van der Waals surface area contributed by atoms with E-state index in [0.29, 0.717) is 0 Å². The van der Waals surface area contributed by atoms with E-state index in [1.165, 1.54) is 19.4 Å². The molecule has 0 nitrogen and oxygen atoms in total. The predicted molar refractivity (Wildman–Crippen MR) is 33.2 cm³/mol.